The van der Waals surface area contributed by atoms with Crippen molar-refractivity contribution in [2.75, 3.05) is 20.3 Å². The van der Waals surface area contributed by atoms with Crippen LogP contribution in [0.4, 0.5) is 0 Å². The SMILES string of the molecule is COCCC(C)C1CCCCCC1CN. The van der Waals surface area contributed by atoms with E-state index in [0.29, 0.717) is 0 Å². The first-order valence-electron chi connectivity index (χ1n) is 6.48. The second-order valence-corrected chi connectivity index (χ2v) is 5.06. The van der Waals surface area contributed by atoms with Gasteiger partial charge in [-0.3, -0.25) is 0 Å². The van der Waals surface area contributed by atoms with Gasteiger partial charge in [0.15, 0.2) is 0 Å². The summed E-state index contributed by atoms with van der Waals surface area (Å²) in [5.41, 5.74) is 5.90. The number of hydrogen-bond acceptors (Lipinski definition) is 2. The Bertz CT molecular complexity index is 161. The number of nitrogens with two attached hydrogens (primary N) is 1. The van der Waals surface area contributed by atoms with Gasteiger partial charge >= 0.3 is 0 Å². The van der Waals surface area contributed by atoms with Crippen LogP contribution in [0.3, 0.4) is 0 Å². The van der Waals surface area contributed by atoms with Gasteiger partial charge in [0.05, 0.1) is 0 Å². The van der Waals surface area contributed by atoms with E-state index in [2.05, 4.69) is 6.92 Å². The monoisotopic (exact) mass is 213 g/mol. The third-order valence-corrected chi connectivity index (χ3v) is 4.03. The highest BCUT2D eigenvalue weighted by Crippen LogP contribution is 2.34. The van der Waals surface area contributed by atoms with Gasteiger partial charge in [0.25, 0.3) is 0 Å². The highest BCUT2D eigenvalue weighted by atomic mass is 16.5. The van der Waals surface area contributed by atoms with E-state index >= 15 is 0 Å². The van der Waals surface area contributed by atoms with E-state index in [1.54, 1.807) is 7.11 Å². The molecular weight excluding hydrogens is 186 g/mol. The van der Waals surface area contributed by atoms with E-state index in [1.165, 1.54) is 38.5 Å². The van der Waals surface area contributed by atoms with Gasteiger partial charge in [-0.15, -0.1) is 0 Å². The van der Waals surface area contributed by atoms with Crippen molar-refractivity contribution in [1.82, 2.24) is 0 Å². The molecule has 3 atom stereocenters. The number of hydrogen-bond donors (Lipinski definition) is 1. The first-order chi connectivity index (χ1) is 7.29. The second-order valence-electron chi connectivity index (χ2n) is 5.06. The predicted molar refractivity (Wildman–Crippen MR) is 64.8 cm³/mol. The van der Waals surface area contributed by atoms with Gasteiger partial charge in [0, 0.05) is 13.7 Å². The molecule has 2 nitrogen and oxygen atoms in total. The Labute approximate surface area is 94.6 Å². The molecule has 0 heterocycles. The third-order valence-electron chi connectivity index (χ3n) is 4.03. The van der Waals surface area contributed by atoms with Crippen LogP contribution in [0.15, 0.2) is 0 Å². The van der Waals surface area contributed by atoms with Crippen LogP contribution in [0.25, 0.3) is 0 Å². The molecule has 15 heavy (non-hydrogen) atoms. The van der Waals surface area contributed by atoms with E-state index in [1.807, 2.05) is 0 Å². The first kappa shape index (κ1) is 13.0. The summed E-state index contributed by atoms with van der Waals surface area (Å²) in [4.78, 5) is 0. The zero-order valence-electron chi connectivity index (χ0n) is 10.4. The molecule has 2 N–H and O–H groups in total. The van der Waals surface area contributed by atoms with Crippen LogP contribution in [0.2, 0.25) is 0 Å². The second kappa shape index (κ2) is 7.24. The molecule has 0 aromatic rings. The molecule has 0 spiro atoms. The molecule has 1 fully saturated rings. The van der Waals surface area contributed by atoms with Gasteiger partial charge in [0.1, 0.15) is 0 Å². The summed E-state index contributed by atoms with van der Waals surface area (Å²) in [7, 11) is 1.79. The molecule has 0 aromatic carbocycles. The highest BCUT2D eigenvalue weighted by Gasteiger charge is 2.26. The fourth-order valence-corrected chi connectivity index (χ4v) is 2.97. The van der Waals surface area contributed by atoms with Crippen molar-refractivity contribution < 1.29 is 4.74 Å². The summed E-state index contributed by atoms with van der Waals surface area (Å²) in [6.07, 6.45) is 8.11. The number of rotatable bonds is 5. The molecule has 1 rings (SSSR count). The Hall–Kier alpha value is -0.0800. The van der Waals surface area contributed by atoms with E-state index < -0.39 is 0 Å². The topological polar surface area (TPSA) is 35.2 Å². The van der Waals surface area contributed by atoms with Crippen molar-refractivity contribution in [2.24, 2.45) is 23.5 Å². The maximum absolute atomic E-state index is 5.90. The average molecular weight is 213 g/mol. The van der Waals surface area contributed by atoms with Crippen molar-refractivity contribution in [3.63, 3.8) is 0 Å². The predicted octanol–water partition coefficient (Wildman–Crippen LogP) is 2.81. The first-order valence-corrected chi connectivity index (χ1v) is 6.48. The molecule has 0 amide bonds. The van der Waals surface area contributed by atoms with Gasteiger partial charge in [-0.1, -0.05) is 26.2 Å². The van der Waals surface area contributed by atoms with E-state index in [-0.39, 0.29) is 0 Å². The van der Waals surface area contributed by atoms with Crippen molar-refractivity contribution in [3.8, 4) is 0 Å². The lowest BCUT2D eigenvalue weighted by Crippen LogP contribution is -2.28. The zero-order valence-corrected chi connectivity index (χ0v) is 10.4. The lowest BCUT2D eigenvalue weighted by molar-refractivity contribution is 0.143. The Morgan fingerprint density at radius 1 is 1.27 bits per heavy atom. The molecule has 0 bridgehead atoms. The van der Waals surface area contributed by atoms with Crippen molar-refractivity contribution in [2.45, 2.75) is 45.4 Å². The van der Waals surface area contributed by atoms with Crippen LogP contribution < -0.4 is 5.73 Å². The molecule has 0 saturated heterocycles. The third kappa shape index (κ3) is 4.12. The van der Waals surface area contributed by atoms with Crippen LogP contribution in [-0.2, 0) is 4.74 Å². The lowest BCUT2D eigenvalue weighted by atomic mass is 9.78. The molecule has 2 heteroatoms. The number of methoxy groups -OCH3 is 1. The Morgan fingerprint density at radius 3 is 2.67 bits per heavy atom. The van der Waals surface area contributed by atoms with Crippen LogP contribution in [-0.4, -0.2) is 20.3 Å². The molecule has 1 aliphatic rings. The molecule has 3 unspecified atom stereocenters. The normalized spacial score (nSPS) is 29.8. The van der Waals surface area contributed by atoms with E-state index in [9.17, 15) is 0 Å². The quantitative estimate of drug-likeness (QED) is 0.713. The smallest absolute Gasteiger partial charge is 0.0464 e. The molecule has 1 aliphatic carbocycles. The Kier molecular flexibility index (Phi) is 6.26. The molecule has 0 aliphatic heterocycles. The van der Waals surface area contributed by atoms with Gasteiger partial charge in [-0.05, 0) is 43.6 Å². The van der Waals surface area contributed by atoms with Gasteiger partial charge in [0.2, 0.25) is 0 Å². The summed E-state index contributed by atoms with van der Waals surface area (Å²) in [5.74, 6) is 2.38. The van der Waals surface area contributed by atoms with Crippen LogP contribution in [0, 0.1) is 17.8 Å². The van der Waals surface area contributed by atoms with Crippen LogP contribution >= 0.6 is 0 Å². The van der Waals surface area contributed by atoms with Crippen molar-refractivity contribution in [1.29, 1.82) is 0 Å². The summed E-state index contributed by atoms with van der Waals surface area (Å²) >= 11 is 0. The van der Waals surface area contributed by atoms with Crippen molar-refractivity contribution in [3.05, 3.63) is 0 Å². The Balaban J connectivity index is 2.45. The number of ether oxygens (including phenoxy) is 1. The molecule has 0 aromatic heterocycles. The van der Waals surface area contributed by atoms with Crippen LogP contribution in [0.5, 0.6) is 0 Å². The van der Waals surface area contributed by atoms with E-state index in [0.717, 1.165) is 30.9 Å². The van der Waals surface area contributed by atoms with Crippen molar-refractivity contribution >= 4 is 0 Å². The standard InChI is InChI=1S/C13H27NO/c1-11(8-9-15-2)13-7-5-3-4-6-12(13)10-14/h11-13H,3-10,14H2,1-2H3. The summed E-state index contributed by atoms with van der Waals surface area (Å²) < 4.78 is 5.17. The molecule has 1 saturated carbocycles. The minimum Gasteiger partial charge on any atom is -0.385 e. The van der Waals surface area contributed by atoms with E-state index in [4.69, 9.17) is 10.5 Å². The Morgan fingerprint density at radius 2 is 2.00 bits per heavy atom. The summed E-state index contributed by atoms with van der Waals surface area (Å²) in [6.45, 7) is 4.15. The van der Waals surface area contributed by atoms with Crippen LogP contribution in [0.1, 0.15) is 45.4 Å². The van der Waals surface area contributed by atoms with Gasteiger partial charge in [-0.2, -0.15) is 0 Å². The van der Waals surface area contributed by atoms with Gasteiger partial charge in [-0.25, -0.2) is 0 Å². The summed E-state index contributed by atoms with van der Waals surface area (Å²) in [6, 6.07) is 0. The lowest BCUT2D eigenvalue weighted by Gasteiger charge is -2.29. The highest BCUT2D eigenvalue weighted by molar-refractivity contribution is 4.78. The largest absolute Gasteiger partial charge is 0.385 e. The molecule has 0 radical (unpaired) electrons. The fourth-order valence-electron chi connectivity index (χ4n) is 2.97. The maximum Gasteiger partial charge on any atom is 0.0464 e. The molecule has 90 valence electrons. The zero-order chi connectivity index (χ0) is 11.1. The van der Waals surface area contributed by atoms with Gasteiger partial charge < -0.3 is 10.5 Å². The summed E-state index contributed by atoms with van der Waals surface area (Å²) in [5, 5.41) is 0. The minimum absolute atomic E-state index is 0.763. The average Bonchev–Trinajstić information content (AvgIpc) is 2.50. The molecular formula is C13H27NO. The fraction of sp³-hybridized carbons (Fsp3) is 1.00. The maximum atomic E-state index is 5.90. The minimum atomic E-state index is 0.763.